The van der Waals surface area contributed by atoms with Gasteiger partial charge in [0.05, 0.1) is 29.9 Å². The van der Waals surface area contributed by atoms with E-state index in [1.807, 2.05) is 28.0 Å². The highest BCUT2D eigenvalue weighted by Gasteiger charge is 2.36. The summed E-state index contributed by atoms with van der Waals surface area (Å²) < 4.78 is 5.45. The molecular weight excluding hydrogens is 418 g/mol. The fourth-order valence-electron chi connectivity index (χ4n) is 4.90. The molecule has 2 amide bonds. The van der Waals surface area contributed by atoms with Crippen molar-refractivity contribution in [2.24, 2.45) is 11.8 Å². The van der Waals surface area contributed by atoms with Crippen LogP contribution in [0.2, 0.25) is 0 Å². The average Bonchev–Trinajstić information content (AvgIpc) is 3.72. The molecule has 3 fully saturated rings. The number of rotatable bonds is 4. The number of amides is 2. The lowest BCUT2D eigenvalue weighted by Crippen LogP contribution is -2.51. The second kappa shape index (κ2) is 8.89. The number of nitriles is 1. The van der Waals surface area contributed by atoms with Crippen molar-refractivity contribution in [3.8, 4) is 11.8 Å². The number of aromatic nitrogens is 1. The lowest BCUT2D eigenvalue weighted by Gasteiger charge is -2.37. The molecule has 1 saturated carbocycles. The summed E-state index contributed by atoms with van der Waals surface area (Å²) in [6, 6.07) is 8.11. The number of benzene rings is 1. The number of carbonyl (C=O) groups is 2. The van der Waals surface area contributed by atoms with Crippen molar-refractivity contribution in [1.29, 1.82) is 5.26 Å². The maximum atomic E-state index is 13.7. The number of methoxy groups -OCH3 is 1. The van der Waals surface area contributed by atoms with E-state index in [9.17, 15) is 14.9 Å². The maximum absolute atomic E-state index is 13.7. The topological polar surface area (TPSA) is 89.8 Å². The number of pyridine rings is 1. The van der Waals surface area contributed by atoms with Crippen molar-refractivity contribution in [1.82, 2.24) is 14.8 Å². The van der Waals surface area contributed by atoms with Crippen molar-refractivity contribution >= 4 is 28.4 Å². The highest BCUT2D eigenvalue weighted by Crippen LogP contribution is 2.36. The first kappa shape index (κ1) is 21.5. The number of fused-ring (bicyclic) bond motifs is 1. The zero-order chi connectivity index (χ0) is 22.9. The lowest BCUT2D eigenvalue weighted by atomic mass is 9.96. The summed E-state index contributed by atoms with van der Waals surface area (Å²) in [7, 11) is 1.63. The predicted molar refractivity (Wildman–Crippen MR) is 124 cm³/mol. The Morgan fingerprint density at radius 1 is 1.03 bits per heavy atom. The van der Waals surface area contributed by atoms with Crippen molar-refractivity contribution in [2.45, 2.75) is 25.7 Å². The largest absolute Gasteiger partial charge is 0.497 e. The summed E-state index contributed by atoms with van der Waals surface area (Å²) in [4.78, 5) is 36.6. The van der Waals surface area contributed by atoms with Crippen molar-refractivity contribution in [2.75, 3.05) is 51.3 Å². The molecular formula is C25H29N5O3. The van der Waals surface area contributed by atoms with Crippen LogP contribution in [0.1, 0.15) is 36.0 Å². The van der Waals surface area contributed by atoms with Gasteiger partial charge in [-0.2, -0.15) is 5.26 Å². The number of piperazine rings is 1. The minimum atomic E-state index is -0.0526. The van der Waals surface area contributed by atoms with Crippen LogP contribution in [0.5, 0.6) is 5.75 Å². The molecule has 5 rings (SSSR count). The van der Waals surface area contributed by atoms with Gasteiger partial charge in [0.2, 0.25) is 5.91 Å². The SMILES string of the molecule is COc1ccc2ncc(C(=O)N3CCN(C(=O)C4CC4)CC3)c(N3CCC(C#N)CC3)c2c1. The first-order chi connectivity index (χ1) is 16.1. The molecule has 0 N–H and O–H groups in total. The molecule has 1 aliphatic carbocycles. The Balaban J connectivity index is 1.45. The molecule has 172 valence electrons. The van der Waals surface area contributed by atoms with Crippen LogP contribution in [0.15, 0.2) is 24.4 Å². The number of carbonyl (C=O) groups excluding carboxylic acids is 2. The Bertz CT molecular complexity index is 1110. The fraction of sp³-hybridized carbons (Fsp3) is 0.520. The van der Waals surface area contributed by atoms with Crippen molar-refractivity contribution in [3.05, 3.63) is 30.0 Å². The molecule has 2 aliphatic heterocycles. The van der Waals surface area contributed by atoms with E-state index in [2.05, 4.69) is 16.0 Å². The van der Waals surface area contributed by atoms with Gasteiger partial charge in [-0.1, -0.05) is 0 Å². The van der Waals surface area contributed by atoms with E-state index in [4.69, 9.17) is 4.74 Å². The van der Waals surface area contributed by atoms with E-state index in [1.54, 1.807) is 13.3 Å². The zero-order valence-electron chi connectivity index (χ0n) is 19.0. The fourth-order valence-corrected chi connectivity index (χ4v) is 4.90. The van der Waals surface area contributed by atoms with Gasteiger partial charge in [-0.3, -0.25) is 14.6 Å². The minimum Gasteiger partial charge on any atom is -0.497 e. The molecule has 33 heavy (non-hydrogen) atoms. The number of nitrogens with zero attached hydrogens (tertiary/aromatic N) is 5. The highest BCUT2D eigenvalue weighted by molar-refractivity contribution is 6.07. The number of hydrogen-bond donors (Lipinski definition) is 0. The average molecular weight is 448 g/mol. The van der Waals surface area contributed by atoms with Gasteiger partial charge in [-0.15, -0.1) is 0 Å². The van der Waals surface area contributed by atoms with Gasteiger partial charge in [0.25, 0.3) is 5.91 Å². The summed E-state index contributed by atoms with van der Waals surface area (Å²) in [6.07, 6.45) is 5.23. The molecule has 8 nitrogen and oxygen atoms in total. The van der Waals surface area contributed by atoms with Crippen LogP contribution < -0.4 is 9.64 Å². The van der Waals surface area contributed by atoms with E-state index in [0.717, 1.165) is 55.4 Å². The van der Waals surface area contributed by atoms with Gasteiger partial charge >= 0.3 is 0 Å². The number of ether oxygens (including phenoxy) is 1. The smallest absolute Gasteiger partial charge is 0.257 e. The number of hydrogen-bond acceptors (Lipinski definition) is 6. The molecule has 0 unspecified atom stereocenters. The molecule has 2 saturated heterocycles. The Hall–Kier alpha value is -3.34. The minimum absolute atomic E-state index is 0.0526. The molecule has 1 aromatic carbocycles. The maximum Gasteiger partial charge on any atom is 0.257 e. The van der Waals surface area contributed by atoms with Crippen LogP contribution in [0.4, 0.5) is 5.69 Å². The third-order valence-corrected chi connectivity index (χ3v) is 7.08. The standard InChI is InChI=1S/C25H29N5O3/c1-33-19-4-5-22-20(14-19)23(28-8-6-17(15-26)7-9-28)21(16-27-22)25(32)30-12-10-29(11-13-30)24(31)18-2-3-18/h4-5,14,16-18H,2-3,6-13H2,1H3. The summed E-state index contributed by atoms with van der Waals surface area (Å²) >= 11 is 0. The second-order valence-corrected chi connectivity index (χ2v) is 9.19. The van der Waals surface area contributed by atoms with Crippen LogP contribution in [0.25, 0.3) is 10.9 Å². The van der Waals surface area contributed by atoms with Crippen molar-refractivity contribution in [3.63, 3.8) is 0 Å². The van der Waals surface area contributed by atoms with E-state index in [0.29, 0.717) is 37.5 Å². The quantitative estimate of drug-likeness (QED) is 0.716. The normalized spacial score (nSPS) is 19.5. The van der Waals surface area contributed by atoms with Crippen molar-refractivity contribution < 1.29 is 14.3 Å². The van der Waals surface area contributed by atoms with E-state index >= 15 is 0 Å². The highest BCUT2D eigenvalue weighted by atomic mass is 16.5. The molecule has 0 atom stereocenters. The molecule has 8 heteroatoms. The first-order valence-electron chi connectivity index (χ1n) is 11.8. The van der Waals surface area contributed by atoms with Crippen LogP contribution in [-0.2, 0) is 4.79 Å². The molecule has 3 aliphatic rings. The van der Waals surface area contributed by atoms with Gasteiger partial charge in [0.15, 0.2) is 0 Å². The van der Waals surface area contributed by atoms with Gasteiger partial charge in [0.1, 0.15) is 5.75 Å². The van der Waals surface area contributed by atoms with E-state index < -0.39 is 0 Å². The predicted octanol–water partition coefficient (Wildman–Crippen LogP) is 2.68. The van der Waals surface area contributed by atoms with E-state index in [1.165, 1.54) is 0 Å². The summed E-state index contributed by atoms with van der Waals surface area (Å²) in [5.41, 5.74) is 2.26. The third kappa shape index (κ3) is 4.20. The van der Waals surface area contributed by atoms with Crippen LogP contribution in [-0.4, -0.2) is 73.0 Å². The summed E-state index contributed by atoms with van der Waals surface area (Å²) in [5, 5.41) is 10.2. The molecule has 2 aromatic rings. The third-order valence-electron chi connectivity index (χ3n) is 7.08. The summed E-state index contributed by atoms with van der Waals surface area (Å²) in [5.74, 6) is 1.16. The second-order valence-electron chi connectivity index (χ2n) is 9.19. The Morgan fingerprint density at radius 2 is 1.73 bits per heavy atom. The van der Waals surface area contributed by atoms with Gasteiger partial charge in [0, 0.05) is 62.7 Å². The Labute approximate surface area is 193 Å². The molecule has 3 heterocycles. The molecule has 0 spiro atoms. The zero-order valence-corrected chi connectivity index (χ0v) is 19.0. The van der Waals surface area contributed by atoms with Gasteiger partial charge < -0.3 is 19.4 Å². The molecule has 1 aromatic heterocycles. The summed E-state index contributed by atoms with van der Waals surface area (Å²) in [6.45, 7) is 3.67. The van der Waals surface area contributed by atoms with Crippen LogP contribution >= 0.6 is 0 Å². The Morgan fingerprint density at radius 3 is 2.36 bits per heavy atom. The van der Waals surface area contributed by atoms with Gasteiger partial charge in [-0.25, -0.2) is 0 Å². The lowest BCUT2D eigenvalue weighted by molar-refractivity contribution is -0.134. The Kier molecular flexibility index (Phi) is 5.79. The molecule has 0 bridgehead atoms. The number of piperidine rings is 1. The number of anilines is 1. The van der Waals surface area contributed by atoms with E-state index in [-0.39, 0.29) is 23.7 Å². The van der Waals surface area contributed by atoms with Crippen LogP contribution in [0.3, 0.4) is 0 Å². The first-order valence-corrected chi connectivity index (χ1v) is 11.8. The van der Waals surface area contributed by atoms with Gasteiger partial charge in [-0.05, 0) is 43.9 Å². The molecule has 0 radical (unpaired) electrons. The van der Waals surface area contributed by atoms with Crippen LogP contribution in [0, 0.1) is 23.2 Å². The monoisotopic (exact) mass is 447 g/mol.